The molecule has 0 spiro atoms. The van der Waals surface area contributed by atoms with Crippen LogP contribution in [0.15, 0.2) is 124 Å². The third-order valence-electron chi connectivity index (χ3n) is 9.40. The molecule has 4 aromatic carbocycles. The summed E-state index contributed by atoms with van der Waals surface area (Å²) in [5, 5.41) is 0. The van der Waals surface area contributed by atoms with Gasteiger partial charge in [0, 0.05) is 0 Å². The Labute approximate surface area is 228 Å². The normalized spacial score (nSPS) is 16.7. The number of ether oxygens (including phenoxy) is 1. The van der Waals surface area contributed by atoms with Crippen LogP contribution in [0.2, 0.25) is 9.26 Å². The first-order valence-electron chi connectivity index (χ1n) is 13.7. The van der Waals surface area contributed by atoms with Crippen molar-refractivity contribution in [2.75, 3.05) is 7.11 Å². The van der Waals surface area contributed by atoms with Gasteiger partial charge in [-0.05, 0) is 0 Å². The molecule has 0 saturated heterocycles. The Morgan fingerprint density at radius 2 is 1.29 bits per heavy atom. The molecule has 0 fully saturated rings. The summed E-state index contributed by atoms with van der Waals surface area (Å²) in [6.07, 6.45) is 3.62. The molecule has 0 saturated carbocycles. The van der Waals surface area contributed by atoms with Crippen LogP contribution in [0.3, 0.4) is 0 Å². The van der Waals surface area contributed by atoms with Gasteiger partial charge in [-0.3, -0.25) is 0 Å². The van der Waals surface area contributed by atoms with E-state index < -0.39 is 18.3 Å². The molecule has 0 radical (unpaired) electrons. The van der Waals surface area contributed by atoms with E-state index in [9.17, 15) is 0 Å². The molecule has 2 aliphatic carbocycles. The topological polar surface area (TPSA) is 9.23 Å². The molecule has 1 atom stereocenters. The van der Waals surface area contributed by atoms with E-state index in [1.165, 1.54) is 44.5 Å². The average Bonchev–Trinajstić information content (AvgIpc) is 3.48. The minimum absolute atomic E-state index is 0.304. The zero-order valence-electron chi connectivity index (χ0n) is 23.1. The molecule has 1 unspecified atom stereocenters. The second-order valence-electron chi connectivity index (χ2n) is 11.9. The molecule has 0 N–H and O–H groups in total. The Bertz CT molecular complexity index is 1640. The second-order valence-corrected chi connectivity index (χ2v) is 28.3. The van der Waals surface area contributed by atoms with E-state index in [1.807, 2.05) is 0 Å². The fourth-order valence-electron chi connectivity index (χ4n) is 7.43. The van der Waals surface area contributed by atoms with Gasteiger partial charge in [-0.1, -0.05) is 0 Å². The maximum atomic E-state index is 5.99. The van der Waals surface area contributed by atoms with Crippen LogP contribution in [0.25, 0.3) is 11.1 Å². The van der Waals surface area contributed by atoms with Crippen molar-refractivity contribution in [3.8, 4) is 16.9 Å². The van der Waals surface area contributed by atoms with Crippen molar-refractivity contribution in [2.24, 2.45) is 0 Å². The first kappa shape index (κ1) is 25.2. The van der Waals surface area contributed by atoms with Crippen molar-refractivity contribution < 1.29 is 23.0 Å². The number of fused-ring (bicyclic) bond motifs is 3. The van der Waals surface area contributed by atoms with Gasteiger partial charge in [0.15, 0.2) is 0 Å². The summed E-state index contributed by atoms with van der Waals surface area (Å²) in [6.45, 7) is 4.61. The van der Waals surface area contributed by atoms with E-state index >= 15 is 0 Å². The van der Waals surface area contributed by atoms with E-state index in [1.54, 1.807) is 13.6 Å². The van der Waals surface area contributed by atoms with Gasteiger partial charge in [0.05, 0.1) is 0 Å². The fraction of sp³-hybridized carbons (Fsp3) is 0.194. The Hall–Kier alpha value is -3.09. The van der Waals surface area contributed by atoms with Gasteiger partial charge < -0.3 is 0 Å². The van der Waals surface area contributed by atoms with Crippen LogP contribution in [0.5, 0.6) is 5.75 Å². The monoisotopic (exact) mass is 574 g/mol. The summed E-state index contributed by atoms with van der Waals surface area (Å²) >= 11 is -4.26. The van der Waals surface area contributed by atoms with Gasteiger partial charge in [-0.25, -0.2) is 0 Å². The van der Waals surface area contributed by atoms with Gasteiger partial charge in [0.1, 0.15) is 0 Å². The van der Waals surface area contributed by atoms with Crippen LogP contribution >= 0.6 is 0 Å². The van der Waals surface area contributed by atoms with Gasteiger partial charge in [0.2, 0.25) is 0 Å². The van der Waals surface area contributed by atoms with Crippen molar-refractivity contribution in [1.29, 1.82) is 0 Å². The Morgan fingerprint density at radius 3 is 1.87 bits per heavy atom. The van der Waals surface area contributed by atoms with Crippen molar-refractivity contribution in [2.45, 2.75) is 33.2 Å². The van der Waals surface area contributed by atoms with Crippen molar-refractivity contribution in [3.63, 3.8) is 0 Å². The van der Waals surface area contributed by atoms with E-state index in [0.29, 0.717) is 3.63 Å². The van der Waals surface area contributed by atoms with Crippen LogP contribution in [0.4, 0.5) is 0 Å². The molecule has 4 aromatic rings. The fourth-order valence-corrected chi connectivity index (χ4v) is 24.4. The molecule has 2 heteroatoms. The molecule has 0 heterocycles. The predicted octanol–water partition coefficient (Wildman–Crippen LogP) is 9.44. The van der Waals surface area contributed by atoms with Gasteiger partial charge >= 0.3 is 229 Å². The van der Waals surface area contributed by atoms with Crippen LogP contribution < -0.4 is 4.74 Å². The molecule has 6 rings (SSSR count). The van der Waals surface area contributed by atoms with Crippen LogP contribution in [0, 0.1) is 0 Å². The first-order valence-corrected chi connectivity index (χ1v) is 22.4. The van der Waals surface area contributed by atoms with E-state index in [4.69, 9.17) is 4.74 Å². The van der Waals surface area contributed by atoms with Crippen molar-refractivity contribution in [1.82, 2.24) is 0 Å². The van der Waals surface area contributed by atoms with Crippen LogP contribution in [0.1, 0.15) is 46.1 Å². The Morgan fingerprint density at radius 1 is 0.711 bits per heavy atom. The summed E-state index contributed by atoms with van der Waals surface area (Å²) in [4.78, 5) is 0. The minimum atomic E-state index is -4.26. The molecule has 0 bridgehead atoms. The molecule has 2 aliphatic rings. The third-order valence-corrected chi connectivity index (χ3v) is 26.0. The van der Waals surface area contributed by atoms with Crippen molar-refractivity contribution >= 4 is 3.21 Å². The summed E-state index contributed by atoms with van der Waals surface area (Å²) in [5.41, 5.74) is 11.1. The van der Waals surface area contributed by atoms with Gasteiger partial charge in [-0.15, -0.1) is 0 Å². The molecular weight excluding hydrogens is 540 g/mol. The predicted molar refractivity (Wildman–Crippen MR) is 159 cm³/mol. The van der Waals surface area contributed by atoms with Gasteiger partial charge in [0.25, 0.3) is 0 Å². The Balaban J connectivity index is 1.85. The number of methoxy groups -OCH3 is 1. The Kier molecular flexibility index (Phi) is 6.16. The molecule has 0 amide bonds. The summed E-state index contributed by atoms with van der Waals surface area (Å²) in [5.74, 6) is 0.974. The van der Waals surface area contributed by atoms with E-state index in [-0.39, 0.29) is 0 Å². The molecule has 190 valence electrons. The number of allylic oxidation sites excluding steroid dienone is 4. The SMILES string of the molecule is COc1cccc2c1-c1ccccc1[CH]2[Zr]([CH3])([CH3])([C]1=CC(C)=C(C)C1)=[C](c1ccccc1)c1ccccc1. The number of hydrogen-bond donors (Lipinski definition) is 0. The number of benzene rings is 4. The van der Waals surface area contributed by atoms with Crippen LogP contribution in [-0.2, 0) is 18.3 Å². The summed E-state index contributed by atoms with van der Waals surface area (Å²) in [6, 6.07) is 38.2. The van der Waals surface area contributed by atoms with E-state index in [0.717, 1.165) is 12.2 Å². The van der Waals surface area contributed by atoms with Crippen LogP contribution in [-0.4, -0.2) is 10.3 Å². The maximum absolute atomic E-state index is 5.99. The number of hydrogen-bond acceptors (Lipinski definition) is 1. The van der Waals surface area contributed by atoms with E-state index in [2.05, 4.69) is 132 Å². The molecule has 38 heavy (non-hydrogen) atoms. The average molecular weight is 576 g/mol. The summed E-state index contributed by atoms with van der Waals surface area (Å²) < 4.78 is 15.0. The number of rotatable bonds is 5. The first-order chi connectivity index (χ1) is 18.3. The molecule has 0 aromatic heterocycles. The molecule has 1 nitrogen and oxygen atoms in total. The molecular formula is C36H36OZr. The molecule has 0 aliphatic heterocycles. The van der Waals surface area contributed by atoms with Gasteiger partial charge in [-0.2, -0.15) is 0 Å². The van der Waals surface area contributed by atoms with Crippen molar-refractivity contribution in [3.05, 3.63) is 146 Å². The summed E-state index contributed by atoms with van der Waals surface area (Å²) in [7, 11) is 1.80. The third kappa shape index (κ3) is 3.64. The zero-order chi connectivity index (χ0) is 26.5. The second kappa shape index (κ2) is 9.28. The quantitative estimate of drug-likeness (QED) is 0.230. The standard InChI is InChI=1S/C14H11O.C13H10.C7H9.2CH3.Zr/c1-15-13-8-4-6-11-9-10-5-2-3-7-12(10)14(11)13;1-3-7-12(8-4-1)11-13-9-5-2-6-10-13;1-6-4-3-5-7(6)2;;;/h2-9H,1H3;1-10H;4H,5H2,1-2H3;2*1H3;. The zero-order valence-corrected chi connectivity index (χ0v) is 25.5.